The Balaban J connectivity index is 1.83. The molecule has 0 heterocycles. The average Bonchev–Trinajstić information content (AvgIpc) is 2.53. The Morgan fingerprint density at radius 3 is 2.43 bits per heavy atom. The molecule has 2 rings (SSSR count). The van der Waals surface area contributed by atoms with Gasteiger partial charge in [0.1, 0.15) is 5.75 Å². The Bertz CT molecular complexity index is 404. The molecule has 0 unspecified atom stereocenters. The van der Waals surface area contributed by atoms with E-state index in [9.17, 15) is 5.11 Å². The molecule has 0 aliphatic heterocycles. The Hall–Kier alpha value is -0.980. The highest BCUT2D eigenvalue weighted by Gasteiger charge is 2.18. The maximum Gasteiger partial charge on any atom is 0.119 e. The zero-order valence-electron chi connectivity index (χ0n) is 13.7. The number of hydrogen-bond acceptors (Lipinski definition) is 1. The normalized spacial score (nSPS) is 16.2. The van der Waals surface area contributed by atoms with Crippen LogP contribution in [0.1, 0.15) is 94.6 Å². The minimum atomic E-state index is 0.522. The molecule has 0 atom stereocenters. The predicted molar refractivity (Wildman–Crippen MR) is 91.0 cm³/mol. The molecule has 0 bridgehead atoms. The van der Waals surface area contributed by atoms with E-state index in [1.165, 1.54) is 88.2 Å². The van der Waals surface area contributed by atoms with Crippen LogP contribution in [-0.4, -0.2) is 5.11 Å². The lowest BCUT2D eigenvalue weighted by Gasteiger charge is -2.23. The SMILES string of the molecule is CCCCCCCCc1ccc(O)c(C2CCCCC2)c1. The Morgan fingerprint density at radius 2 is 1.67 bits per heavy atom. The summed E-state index contributed by atoms with van der Waals surface area (Å²) in [6.45, 7) is 2.27. The standard InChI is InChI=1S/C20H32O/c1-2-3-4-5-6-8-11-17-14-15-20(21)19(16-17)18-12-9-7-10-13-18/h14-16,18,21H,2-13H2,1H3. The van der Waals surface area contributed by atoms with Gasteiger partial charge in [0.05, 0.1) is 0 Å². The summed E-state index contributed by atoms with van der Waals surface area (Å²) in [6, 6.07) is 6.33. The predicted octanol–water partition coefficient (Wildman–Crippen LogP) is 6.34. The maximum absolute atomic E-state index is 10.2. The third-order valence-electron chi connectivity index (χ3n) is 4.96. The molecule has 1 aromatic rings. The second-order valence-corrected chi connectivity index (χ2v) is 6.75. The zero-order valence-corrected chi connectivity index (χ0v) is 13.7. The summed E-state index contributed by atoms with van der Waals surface area (Å²) < 4.78 is 0. The van der Waals surface area contributed by atoms with Crippen molar-refractivity contribution in [2.45, 2.75) is 89.9 Å². The van der Waals surface area contributed by atoms with Gasteiger partial charge in [-0.25, -0.2) is 0 Å². The zero-order chi connectivity index (χ0) is 14.9. The van der Waals surface area contributed by atoms with Gasteiger partial charge in [0, 0.05) is 0 Å². The van der Waals surface area contributed by atoms with Crippen molar-refractivity contribution >= 4 is 0 Å². The minimum Gasteiger partial charge on any atom is -0.508 e. The number of phenolic OH excluding ortho intramolecular Hbond substituents is 1. The van der Waals surface area contributed by atoms with Crippen LogP contribution in [0.15, 0.2) is 18.2 Å². The number of aryl methyl sites for hydroxylation is 1. The lowest BCUT2D eigenvalue weighted by Crippen LogP contribution is -2.05. The van der Waals surface area contributed by atoms with Gasteiger partial charge in [-0.2, -0.15) is 0 Å². The summed E-state index contributed by atoms with van der Waals surface area (Å²) in [5.74, 6) is 1.12. The van der Waals surface area contributed by atoms with Crippen LogP contribution in [0.25, 0.3) is 0 Å². The van der Waals surface area contributed by atoms with E-state index < -0.39 is 0 Å². The van der Waals surface area contributed by atoms with E-state index in [4.69, 9.17) is 0 Å². The number of aromatic hydroxyl groups is 1. The fourth-order valence-corrected chi connectivity index (χ4v) is 3.61. The lowest BCUT2D eigenvalue weighted by atomic mass is 9.83. The first-order chi connectivity index (χ1) is 10.3. The first kappa shape index (κ1) is 16.4. The highest BCUT2D eigenvalue weighted by atomic mass is 16.3. The second kappa shape index (κ2) is 9.12. The van der Waals surface area contributed by atoms with E-state index >= 15 is 0 Å². The molecule has 1 heteroatoms. The molecule has 1 aromatic carbocycles. The Labute approximate surface area is 130 Å². The molecule has 1 N–H and O–H groups in total. The first-order valence-electron chi connectivity index (χ1n) is 9.13. The molecule has 1 nitrogen and oxygen atoms in total. The Morgan fingerprint density at radius 1 is 0.952 bits per heavy atom. The molecule has 0 saturated heterocycles. The van der Waals surface area contributed by atoms with Crippen molar-refractivity contribution in [1.29, 1.82) is 0 Å². The number of benzene rings is 1. The Kier molecular flexibility index (Phi) is 7.12. The molecule has 0 radical (unpaired) electrons. The summed E-state index contributed by atoms with van der Waals surface area (Å²) in [5, 5.41) is 10.2. The van der Waals surface area contributed by atoms with E-state index in [2.05, 4.69) is 19.1 Å². The van der Waals surface area contributed by atoms with Crippen LogP contribution >= 0.6 is 0 Å². The third kappa shape index (κ3) is 5.37. The first-order valence-corrected chi connectivity index (χ1v) is 9.13. The molecule has 1 aliphatic rings. The fourth-order valence-electron chi connectivity index (χ4n) is 3.61. The summed E-state index contributed by atoms with van der Waals surface area (Å²) in [5.41, 5.74) is 2.64. The smallest absolute Gasteiger partial charge is 0.119 e. The van der Waals surface area contributed by atoms with Gasteiger partial charge in [-0.15, -0.1) is 0 Å². The summed E-state index contributed by atoms with van der Waals surface area (Å²) >= 11 is 0. The monoisotopic (exact) mass is 288 g/mol. The summed E-state index contributed by atoms with van der Waals surface area (Å²) in [7, 11) is 0. The van der Waals surface area contributed by atoms with Crippen LogP contribution in [0.2, 0.25) is 0 Å². The molecule has 0 amide bonds. The van der Waals surface area contributed by atoms with E-state index in [0.717, 1.165) is 0 Å². The van der Waals surface area contributed by atoms with Crippen LogP contribution < -0.4 is 0 Å². The summed E-state index contributed by atoms with van der Waals surface area (Å²) in [4.78, 5) is 0. The van der Waals surface area contributed by atoms with Gasteiger partial charge in [0.15, 0.2) is 0 Å². The maximum atomic E-state index is 10.2. The van der Waals surface area contributed by atoms with Gasteiger partial charge in [0.2, 0.25) is 0 Å². The second-order valence-electron chi connectivity index (χ2n) is 6.75. The molecule has 1 aliphatic carbocycles. The van der Waals surface area contributed by atoms with Gasteiger partial charge in [0.25, 0.3) is 0 Å². The number of phenols is 1. The average molecular weight is 288 g/mol. The largest absolute Gasteiger partial charge is 0.508 e. The van der Waals surface area contributed by atoms with Crippen LogP contribution in [0.4, 0.5) is 0 Å². The van der Waals surface area contributed by atoms with Crippen molar-refractivity contribution in [3.63, 3.8) is 0 Å². The van der Waals surface area contributed by atoms with Gasteiger partial charge in [-0.1, -0.05) is 70.4 Å². The third-order valence-corrected chi connectivity index (χ3v) is 4.96. The van der Waals surface area contributed by atoms with Crippen molar-refractivity contribution in [2.24, 2.45) is 0 Å². The highest BCUT2D eigenvalue weighted by Crippen LogP contribution is 2.37. The van der Waals surface area contributed by atoms with Crippen LogP contribution in [0.3, 0.4) is 0 Å². The van der Waals surface area contributed by atoms with Gasteiger partial charge < -0.3 is 5.11 Å². The number of rotatable bonds is 8. The van der Waals surface area contributed by atoms with E-state index in [0.29, 0.717) is 11.7 Å². The quantitative estimate of drug-likeness (QED) is 0.553. The lowest BCUT2D eigenvalue weighted by molar-refractivity contribution is 0.414. The van der Waals surface area contributed by atoms with E-state index in [1.54, 1.807) is 0 Å². The molecule has 21 heavy (non-hydrogen) atoms. The fraction of sp³-hybridized carbons (Fsp3) is 0.700. The van der Waals surface area contributed by atoms with Gasteiger partial charge in [-0.05, 0) is 48.8 Å². The number of hydrogen-bond donors (Lipinski definition) is 1. The molecular formula is C20H32O. The van der Waals surface area contributed by atoms with Crippen molar-refractivity contribution < 1.29 is 5.11 Å². The molecular weight excluding hydrogens is 256 g/mol. The van der Waals surface area contributed by atoms with Gasteiger partial charge >= 0.3 is 0 Å². The highest BCUT2D eigenvalue weighted by molar-refractivity contribution is 5.39. The van der Waals surface area contributed by atoms with Crippen molar-refractivity contribution in [2.75, 3.05) is 0 Å². The van der Waals surface area contributed by atoms with E-state index in [1.807, 2.05) is 6.07 Å². The molecule has 0 aromatic heterocycles. The minimum absolute atomic E-state index is 0.522. The number of unbranched alkanes of at least 4 members (excludes halogenated alkanes) is 5. The molecule has 0 spiro atoms. The molecule has 1 fully saturated rings. The molecule has 118 valence electrons. The topological polar surface area (TPSA) is 20.2 Å². The van der Waals surface area contributed by atoms with Crippen molar-refractivity contribution in [3.05, 3.63) is 29.3 Å². The van der Waals surface area contributed by atoms with Crippen molar-refractivity contribution in [3.8, 4) is 5.75 Å². The van der Waals surface area contributed by atoms with Crippen LogP contribution in [0, 0.1) is 0 Å². The van der Waals surface area contributed by atoms with Crippen LogP contribution in [0.5, 0.6) is 5.75 Å². The van der Waals surface area contributed by atoms with E-state index in [-0.39, 0.29) is 0 Å². The van der Waals surface area contributed by atoms with Crippen LogP contribution in [-0.2, 0) is 6.42 Å². The molecule has 1 saturated carbocycles. The van der Waals surface area contributed by atoms with Gasteiger partial charge in [-0.3, -0.25) is 0 Å². The summed E-state index contributed by atoms with van der Waals surface area (Å²) in [6.07, 6.45) is 15.8. The van der Waals surface area contributed by atoms with Crippen molar-refractivity contribution in [1.82, 2.24) is 0 Å².